The van der Waals surface area contributed by atoms with E-state index in [1.807, 2.05) is 20.8 Å². The van der Waals surface area contributed by atoms with Gasteiger partial charge in [0.2, 0.25) is 0 Å². The van der Waals surface area contributed by atoms with E-state index in [-0.39, 0.29) is 17.9 Å². The van der Waals surface area contributed by atoms with Crippen molar-refractivity contribution >= 4 is 15.2 Å². The molecule has 0 aromatic carbocycles. The zero-order chi connectivity index (χ0) is 13.7. The van der Waals surface area contributed by atoms with Gasteiger partial charge < -0.3 is 15.1 Å². The predicted molar refractivity (Wildman–Crippen MR) is 68.2 cm³/mol. The predicted octanol–water partition coefficient (Wildman–Crippen LogP) is 2.38. The molecule has 2 unspecified atom stereocenters. The Morgan fingerprint density at radius 1 is 1.18 bits per heavy atom. The Morgan fingerprint density at radius 3 is 2.12 bits per heavy atom. The van der Waals surface area contributed by atoms with Crippen LogP contribution in [0.1, 0.15) is 34.1 Å². The molecule has 0 amide bonds. The molecule has 0 fully saturated rings. The van der Waals surface area contributed by atoms with Gasteiger partial charge in [0.1, 0.15) is 0 Å². The second-order valence-electron chi connectivity index (χ2n) is 4.78. The van der Waals surface area contributed by atoms with E-state index in [1.165, 1.54) is 6.92 Å². The van der Waals surface area contributed by atoms with Crippen LogP contribution in [0.15, 0.2) is 0 Å². The second kappa shape index (κ2) is 6.46. The highest BCUT2D eigenvalue weighted by Crippen LogP contribution is 2.58. The standard InChI is InChI=1S/C9H23NO5P2/c1-5-9(3,4)7-10-8-17(13,14)15-16(11,12)6-2/h10H,5-8H2,1-4H3,(H,11,12)(H,13,14). The molecule has 0 radical (unpaired) electrons. The van der Waals surface area contributed by atoms with Crippen molar-refractivity contribution < 1.29 is 23.2 Å². The van der Waals surface area contributed by atoms with E-state index in [0.29, 0.717) is 6.54 Å². The highest BCUT2D eigenvalue weighted by molar-refractivity contribution is 7.66. The normalized spacial score (nSPS) is 19.6. The highest BCUT2D eigenvalue weighted by atomic mass is 31.3. The SMILES string of the molecule is CCC(C)(C)CNCP(=O)(O)OP(=O)(O)CC. The molecule has 0 rings (SSSR count). The van der Waals surface area contributed by atoms with Crippen LogP contribution in [0.5, 0.6) is 0 Å². The topological polar surface area (TPSA) is 95.9 Å². The van der Waals surface area contributed by atoms with Gasteiger partial charge >= 0.3 is 15.2 Å². The summed E-state index contributed by atoms with van der Waals surface area (Å²) in [6.45, 7) is 8.03. The summed E-state index contributed by atoms with van der Waals surface area (Å²) < 4.78 is 27.1. The minimum atomic E-state index is -4.05. The van der Waals surface area contributed by atoms with Crippen LogP contribution in [0, 0.1) is 5.41 Å². The lowest BCUT2D eigenvalue weighted by Gasteiger charge is -2.24. The maximum atomic E-state index is 11.5. The van der Waals surface area contributed by atoms with Crippen molar-refractivity contribution in [2.45, 2.75) is 34.1 Å². The highest BCUT2D eigenvalue weighted by Gasteiger charge is 2.30. The summed E-state index contributed by atoms with van der Waals surface area (Å²) in [5, 5.41) is 2.79. The Labute approximate surface area is 103 Å². The van der Waals surface area contributed by atoms with Gasteiger partial charge in [-0.05, 0) is 11.8 Å². The molecular formula is C9H23NO5P2. The molecule has 0 spiro atoms. The van der Waals surface area contributed by atoms with E-state index in [2.05, 4.69) is 9.63 Å². The van der Waals surface area contributed by atoms with Gasteiger partial charge in [0.05, 0.1) is 6.29 Å². The molecule has 0 aliphatic carbocycles. The van der Waals surface area contributed by atoms with Gasteiger partial charge in [-0.25, -0.2) is 4.31 Å². The molecule has 0 aliphatic rings. The number of nitrogens with one attached hydrogen (secondary N) is 1. The van der Waals surface area contributed by atoms with Crippen LogP contribution < -0.4 is 5.32 Å². The van der Waals surface area contributed by atoms with E-state index in [1.54, 1.807) is 0 Å². The van der Waals surface area contributed by atoms with Crippen molar-refractivity contribution in [3.05, 3.63) is 0 Å². The molecule has 0 saturated carbocycles. The zero-order valence-electron chi connectivity index (χ0n) is 10.8. The van der Waals surface area contributed by atoms with Crippen molar-refractivity contribution in [3.8, 4) is 0 Å². The summed E-state index contributed by atoms with van der Waals surface area (Å²) in [4.78, 5) is 18.5. The van der Waals surface area contributed by atoms with Crippen molar-refractivity contribution in [1.29, 1.82) is 0 Å². The van der Waals surface area contributed by atoms with Crippen LogP contribution in [-0.4, -0.2) is 28.8 Å². The number of rotatable bonds is 8. The van der Waals surface area contributed by atoms with Gasteiger partial charge in [-0.15, -0.1) is 0 Å². The van der Waals surface area contributed by atoms with Gasteiger partial charge in [-0.3, -0.25) is 9.13 Å². The average Bonchev–Trinajstić information content (AvgIpc) is 2.15. The molecule has 0 saturated heterocycles. The fourth-order valence-electron chi connectivity index (χ4n) is 0.947. The summed E-state index contributed by atoms with van der Waals surface area (Å²) in [6, 6.07) is 0. The van der Waals surface area contributed by atoms with Crippen LogP contribution in [-0.2, 0) is 13.4 Å². The van der Waals surface area contributed by atoms with Crippen molar-refractivity contribution in [3.63, 3.8) is 0 Å². The van der Waals surface area contributed by atoms with Crippen molar-refractivity contribution in [1.82, 2.24) is 5.32 Å². The van der Waals surface area contributed by atoms with Gasteiger partial charge in [0.15, 0.2) is 0 Å². The van der Waals surface area contributed by atoms with Gasteiger partial charge in [-0.2, -0.15) is 0 Å². The molecule has 2 atom stereocenters. The molecule has 0 heterocycles. The lowest BCUT2D eigenvalue weighted by molar-refractivity contribution is 0.313. The molecule has 17 heavy (non-hydrogen) atoms. The summed E-state index contributed by atoms with van der Waals surface area (Å²) in [7, 11) is -7.99. The number of hydrogen-bond acceptors (Lipinski definition) is 4. The van der Waals surface area contributed by atoms with E-state index in [9.17, 15) is 14.0 Å². The second-order valence-corrected chi connectivity index (χ2v) is 8.93. The monoisotopic (exact) mass is 287 g/mol. The van der Waals surface area contributed by atoms with E-state index >= 15 is 0 Å². The number of hydrogen-bond donors (Lipinski definition) is 3. The first-order chi connectivity index (χ1) is 7.54. The Hall–Kier alpha value is 0.300. The smallest absolute Gasteiger partial charge is 0.324 e. The lowest BCUT2D eigenvalue weighted by atomic mass is 9.90. The summed E-state index contributed by atoms with van der Waals surface area (Å²) in [6.07, 6.45) is 0.420. The quantitative estimate of drug-likeness (QED) is 0.593. The van der Waals surface area contributed by atoms with E-state index in [0.717, 1.165) is 6.42 Å². The van der Waals surface area contributed by atoms with Gasteiger partial charge in [-0.1, -0.05) is 27.7 Å². The summed E-state index contributed by atoms with van der Waals surface area (Å²) >= 11 is 0. The van der Waals surface area contributed by atoms with Crippen LogP contribution in [0.4, 0.5) is 0 Å². The Balaban J connectivity index is 4.21. The fraction of sp³-hybridized carbons (Fsp3) is 1.00. The third-order valence-electron chi connectivity index (χ3n) is 2.53. The lowest BCUT2D eigenvalue weighted by Crippen LogP contribution is -2.29. The van der Waals surface area contributed by atoms with Crippen molar-refractivity contribution in [2.24, 2.45) is 5.41 Å². The molecule has 0 aromatic heterocycles. The molecule has 3 N–H and O–H groups in total. The summed E-state index contributed by atoms with van der Waals surface area (Å²) in [5.41, 5.74) is 0.00761. The van der Waals surface area contributed by atoms with Crippen LogP contribution in [0.25, 0.3) is 0 Å². The minimum Gasteiger partial charge on any atom is -0.324 e. The maximum Gasteiger partial charge on any atom is 0.348 e. The first-order valence-electron chi connectivity index (χ1n) is 5.59. The molecule has 0 aromatic rings. The first-order valence-corrected chi connectivity index (χ1v) is 9.12. The molecule has 8 heteroatoms. The van der Waals surface area contributed by atoms with Gasteiger partial charge in [0.25, 0.3) is 0 Å². The molecule has 0 bridgehead atoms. The fourth-order valence-corrected chi connectivity index (χ4v) is 3.63. The molecular weight excluding hydrogens is 264 g/mol. The van der Waals surface area contributed by atoms with Crippen LogP contribution >= 0.6 is 15.2 Å². The molecule has 0 aliphatic heterocycles. The Morgan fingerprint density at radius 2 is 1.71 bits per heavy atom. The average molecular weight is 287 g/mol. The van der Waals surface area contributed by atoms with Crippen LogP contribution in [0.2, 0.25) is 0 Å². The van der Waals surface area contributed by atoms with Crippen LogP contribution in [0.3, 0.4) is 0 Å². The third kappa shape index (κ3) is 8.09. The summed E-state index contributed by atoms with van der Waals surface area (Å²) in [5.74, 6) is 0. The Bertz CT molecular complexity index is 331. The van der Waals surface area contributed by atoms with Gasteiger partial charge in [0, 0.05) is 12.7 Å². The first kappa shape index (κ1) is 17.3. The minimum absolute atomic E-state index is 0.00761. The molecule has 6 nitrogen and oxygen atoms in total. The largest absolute Gasteiger partial charge is 0.348 e. The van der Waals surface area contributed by atoms with E-state index < -0.39 is 15.2 Å². The maximum absolute atomic E-state index is 11.5. The van der Waals surface area contributed by atoms with E-state index in [4.69, 9.17) is 4.89 Å². The molecule has 104 valence electrons. The third-order valence-corrected chi connectivity index (χ3v) is 5.99. The Kier molecular flexibility index (Phi) is 6.58. The van der Waals surface area contributed by atoms with Crippen molar-refractivity contribution in [2.75, 3.05) is 19.0 Å². The zero-order valence-corrected chi connectivity index (χ0v) is 12.6.